The zero-order valence-corrected chi connectivity index (χ0v) is 52.2. The van der Waals surface area contributed by atoms with Crippen LogP contribution in [0.3, 0.4) is 0 Å². The number of rotatable bonds is 56. The van der Waals surface area contributed by atoms with Gasteiger partial charge in [-0.25, -0.2) is 0 Å². The highest BCUT2D eigenvalue weighted by Gasteiger charge is 2.19. The minimum Gasteiger partial charge on any atom is -0.462 e. The van der Waals surface area contributed by atoms with E-state index in [0.717, 1.165) is 167 Å². The topological polar surface area (TPSA) is 78.9 Å². The van der Waals surface area contributed by atoms with Crippen LogP contribution in [-0.4, -0.2) is 37.2 Å². The van der Waals surface area contributed by atoms with Crippen LogP contribution in [0.2, 0.25) is 0 Å². The Bertz CT molecular complexity index is 1970. The van der Waals surface area contributed by atoms with Gasteiger partial charge in [0.15, 0.2) is 6.10 Å². The maximum absolute atomic E-state index is 12.9. The molecule has 0 saturated heterocycles. The van der Waals surface area contributed by atoms with Crippen molar-refractivity contribution in [2.45, 2.75) is 252 Å². The molecule has 0 amide bonds. The van der Waals surface area contributed by atoms with E-state index in [0.29, 0.717) is 19.3 Å². The normalized spacial score (nSPS) is 13.5. The Labute approximate surface area is 503 Å². The first kappa shape index (κ1) is 76.2. The number of hydrogen-bond acceptors (Lipinski definition) is 6. The van der Waals surface area contributed by atoms with Crippen LogP contribution in [0.1, 0.15) is 245 Å². The van der Waals surface area contributed by atoms with Crippen molar-refractivity contribution in [3.63, 3.8) is 0 Å². The number of carbonyl (C=O) groups excluding carboxylic acids is 3. The smallest absolute Gasteiger partial charge is 0.306 e. The molecule has 0 aromatic rings. The molecule has 6 nitrogen and oxygen atoms in total. The van der Waals surface area contributed by atoms with Gasteiger partial charge in [0.25, 0.3) is 0 Å². The second-order valence-electron chi connectivity index (χ2n) is 20.6. The molecule has 0 aliphatic rings. The fourth-order valence-corrected chi connectivity index (χ4v) is 8.06. The third-order valence-electron chi connectivity index (χ3n) is 12.8. The highest BCUT2D eigenvalue weighted by atomic mass is 16.6. The van der Waals surface area contributed by atoms with Crippen molar-refractivity contribution in [1.82, 2.24) is 0 Å². The molecule has 1 unspecified atom stereocenters. The molecule has 0 rings (SSSR count). The van der Waals surface area contributed by atoms with Crippen molar-refractivity contribution in [3.05, 3.63) is 194 Å². The summed E-state index contributed by atoms with van der Waals surface area (Å²) in [6, 6.07) is 0. The fraction of sp³-hybridized carbons (Fsp3) is 0.539. The molecule has 1 atom stereocenters. The van der Waals surface area contributed by atoms with E-state index in [4.69, 9.17) is 14.2 Å². The van der Waals surface area contributed by atoms with E-state index < -0.39 is 6.10 Å². The van der Waals surface area contributed by atoms with E-state index in [9.17, 15) is 14.4 Å². The van der Waals surface area contributed by atoms with E-state index in [-0.39, 0.29) is 37.5 Å². The zero-order chi connectivity index (χ0) is 59.2. The van der Waals surface area contributed by atoms with Crippen LogP contribution in [0.5, 0.6) is 0 Å². The van der Waals surface area contributed by atoms with Crippen LogP contribution in [0.4, 0.5) is 0 Å². The lowest BCUT2D eigenvalue weighted by atomic mass is 10.1. The van der Waals surface area contributed by atoms with Gasteiger partial charge in [-0.15, -0.1) is 0 Å². The second-order valence-corrected chi connectivity index (χ2v) is 20.6. The van der Waals surface area contributed by atoms with E-state index >= 15 is 0 Å². The number of allylic oxidation sites excluding steroid dienone is 32. The highest BCUT2D eigenvalue weighted by molar-refractivity contribution is 5.71. The fourth-order valence-electron chi connectivity index (χ4n) is 8.06. The summed E-state index contributed by atoms with van der Waals surface area (Å²) in [6.07, 6.45) is 103. The van der Waals surface area contributed by atoms with Crippen molar-refractivity contribution in [2.75, 3.05) is 13.2 Å². The molecule has 0 aliphatic heterocycles. The van der Waals surface area contributed by atoms with Gasteiger partial charge in [-0.3, -0.25) is 14.4 Å². The average Bonchev–Trinajstić information content (AvgIpc) is 3.47. The Morgan fingerprint density at radius 2 is 0.476 bits per heavy atom. The van der Waals surface area contributed by atoms with Gasteiger partial charge < -0.3 is 14.2 Å². The Hall–Kier alpha value is -5.75. The number of esters is 3. The highest BCUT2D eigenvalue weighted by Crippen LogP contribution is 2.13. The zero-order valence-electron chi connectivity index (χ0n) is 52.2. The van der Waals surface area contributed by atoms with Gasteiger partial charge in [0, 0.05) is 19.3 Å². The molecule has 82 heavy (non-hydrogen) atoms. The predicted octanol–water partition coefficient (Wildman–Crippen LogP) is 22.6. The predicted molar refractivity (Wildman–Crippen MR) is 357 cm³/mol. The van der Waals surface area contributed by atoms with E-state index in [1.165, 1.54) is 32.1 Å². The molecule has 456 valence electrons. The average molecular weight is 1130 g/mol. The van der Waals surface area contributed by atoms with Gasteiger partial charge in [0.05, 0.1) is 0 Å². The van der Waals surface area contributed by atoms with Gasteiger partial charge >= 0.3 is 17.9 Å². The molecule has 0 spiro atoms. The van der Waals surface area contributed by atoms with Crippen LogP contribution in [0.15, 0.2) is 194 Å². The first-order valence-corrected chi connectivity index (χ1v) is 32.4. The van der Waals surface area contributed by atoms with Gasteiger partial charge in [-0.2, -0.15) is 0 Å². The minimum absolute atomic E-state index is 0.111. The Balaban J connectivity index is 4.38. The van der Waals surface area contributed by atoms with Crippen LogP contribution >= 0.6 is 0 Å². The molecule has 0 heterocycles. The number of ether oxygens (including phenoxy) is 3. The van der Waals surface area contributed by atoms with Crippen molar-refractivity contribution in [3.8, 4) is 0 Å². The van der Waals surface area contributed by atoms with Crippen molar-refractivity contribution < 1.29 is 28.6 Å². The summed E-state index contributed by atoms with van der Waals surface area (Å²) in [5, 5.41) is 0. The molecular formula is C76H116O6. The van der Waals surface area contributed by atoms with Crippen LogP contribution in [-0.2, 0) is 28.6 Å². The maximum atomic E-state index is 12.9. The monoisotopic (exact) mass is 1120 g/mol. The van der Waals surface area contributed by atoms with Crippen molar-refractivity contribution >= 4 is 17.9 Å². The molecule has 0 bridgehead atoms. The molecule has 0 saturated carbocycles. The summed E-state index contributed by atoms with van der Waals surface area (Å²) in [5.41, 5.74) is 0. The summed E-state index contributed by atoms with van der Waals surface area (Å²) in [6.45, 7) is 6.31. The van der Waals surface area contributed by atoms with E-state index in [1.54, 1.807) is 0 Å². The minimum atomic E-state index is -0.820. The Morgan fingerprint density at radius 1 is 0.256 bits per heavy atom. The third kappa shape index (κ3) is 65.1. The summed E-state index contributed by atoms with van der Waals surface area (Å²) in [5.74, 6) is -0.994. The van der Waals surface area contributed by atoms with Crippen molar-refractivity contribution in [2.24, 2.45) is 0 Å². The molecule has 0 aromatic carbocycles. The van der Waals surface area contributed by atoms with Crippen LogP contribution < -0.4 is 0 Å². The number of hydrogen-bond donors (Lipinski definition) is 0. The van der Waals surface area contributed by atoms with Gasteiger partial charge in [0.2, 0.25) is 0 Å². The van der Waals surface area contributed by atoms with E-state index in [1.807, 2.05) is 0 Å². The standard InChI is InChI=1S/C76H116O6/c1-4-7-10-13-16-19-21-23-25-27-29-31-33-35-36-37-38-39-40-42-43-45-47-49-51-53-55-57-60-63-66-69-75(78)81-72-73(71-80-74(77)68-65-62-59-18-15-12-9-6-3)82-76(79)70-67-64-61-58-56-54-52-50-48-46-44-41-34-32-30-28-26-24-22-20-17-14-11-8-5-2/h7-8,10-11,16-17,19-20,23-26,29-32,35-36,38-39,41-44,47-50,53-56,73H,4-6,9,12-15,18,21-22,27-28,33-34,37,40,45-46,51-52,57-72H2,1-3H3/b10-7-,11-8-,19-16-,20-17-,25-23-,26-24-,31-29-,32-30-,36-35-,39-38-,43-42-,44-41-,49-47-,50-48-,55-53-,56-54-. The molecule has 0 fully saturated rings. The molecule has 0 aromatic heterocycles. The van der Waals surface area contributed by atoms with E-state index in [2.05, 4.69) is 215 Å². The summed E-state index contributed by atoms with van der Waals surface area (Å²) < 4.78 is 16.8. The van der Waals surface area contributed by atoms with Gasteiger partial charge in [0.1, 0.15) is 13.2 Å². The lowest BCUT2D eigenvalue weighted by Crippen LogP contribution is -2.30. The molecule has 0 aliphatic carbocycles. The van der Waals surface area contributed by atoms with Crippen LogP contribution in [0, 0.1) is 0 Å². The first-order chi connectivity index (χ1) is 40.5. The van der Waals surface area contributed by atoms with Crippen molar-refractivity contribution in [1.29, 1.82) is 0 Å². The second kappa shape index (κ2) is 67.8. The molecule has 0 N–H and O–H groups in total. The SMILES string of the molecule is CC/C=C\C/C=C\C/C=C\C/C=C\C/C=C\C/C=C\C/C=C\C/C=C\C/C=C\CCCCCC(=O)OCC(COC(=O)CCCCCCCCCC)OC(=O)CCCCC/C=C\C/C=C\C/C=C\C/C=C\C/C=C\C/C=C\C/C=C\CC. The number of carbonyl (C=O) groups is 3. The molecular weight excluding hydrogens is 1010 g/mol. The molecule has 0 radical (unpaired) electrons. The summed E-state index contributed by atoms with van der Waals surface area (Å²) in [4.78, 5) is 38.1. The number of unbranched alkanes of at least 4 members (excludes halogenated alkanes) is 13. The quantitative estimate of drug-likeness (QED) is 0.0261. The third-order valence-corrected chi connectivity index (χ3v) is 12.8. The van der Waals surface area contributed by atoms with Gasteiger partial charge in [-0.1, -0.05) is 273 Å². The lowest BCUT2D eigenvalue weighted by Gasteiger charge is -2.18. The van der Waals surface area contributed by atoms with Gasteiger partial charge in [-0.05, 0) is 148 Å². The maximum Gasteiger partial charge on any atom is 0.306 e. The Kier molecular flexibility index (Phi) is 63.0. The summed E-state index contributed by atoms with van der Waals surface area (Å²) in [7, 11) is 0. The first-order valence-electron chi connectivity index (χ1n) is 32.4. The largest absolute Gasteiger partial charge is 0.462 e. The molecule has 6 heteroatoms. The Morgan fingerprint density at radius 3 is 0.744 bits per heavy atom. The summed E-state index contributed by atoms with van der Waals surface area (Å²) >= 11 is 0. The van der Waals surface area contributed by atoms with Crippen LogP contribution in [0.25, 0.3) is 0 Å². The lowest BCUT2D eigenvalue weighted by molar-refractivity contribution is -0.167.